The van der Waals surface area contributed by atoms with Crippen LogP contribution in [0.4, 0.5) is 23.2 Å². The Hall–Kier alpha value is -4.74. The van der Waals surface area contributed by atoms with Crippen molar-refractivity contribution in [3.8, 4) is 11.4 Å². The summed E-state index contributed by atoms with van der Waals surface area (Å²) in [6, 6.07) is 13.8. The van der Waals surface area contributed by atoms with Crippen LogP contribution in [0.1, 0.15) is 12.6 Å². The summed E-state index contributed by atoms with van der Waals surface area (Å²) in [6.07, 6.45) is 0. The maximum Gasteiger partial charge on any atom is 0.361 e. The van der Waals surface area contributed by atoms with Crippen molar-refractivity contribution in [3.05, 3.63) is 93.8 Å². The minimum Gasteiger partial charge on any atom is -0.497 e. The maximum absolute atomic E-state index is 15.0. The minimum atomic E-state index is -2.20. The van der Waals surface area contributed by atoms with E-state index in [4.69, 9.17) is 9.47 Å². The van der Waals surface area contributed by atoms with Gasteiger partial charge in [-0.15, -0.1) is 0 Å². The molecule has 1 heterocycles. The number of nitrogens with zero attached hydrogens (tertiary/aromatic N) is 3. The third kappa shape index (κ3) is 4.73. The van der Waals surface area contributed by atoms with E-state index < -0.39 is 57.0 Å². The van der Waals surface area contributed by atoms with E-state index in [-0.39, 0.29) is 12.3 Å². The Balaban J connectivity index is 2.07. The Morgan fingerprint density at radius 1 is 0.973 bits per heavy atom. The summed E-state index contributed by atoms with van der Waals surface area (Å²) in [4.78, 5) is 26.1. The van der Waals surface area contributed by atoms with Crippen LogP contribution in [-0.4, -0.2) is 35.2 Å². The van der Waals surface area contributed by atoms with Gasteiger partial charge in [0.1, 0.15) is 11.3 Å². The monoisotopic (exact) mass is 514 g/mol. The number of hydrogen-bond donors (Lipinski definition) is 1. The third-order valence-corrected chi connectivity index (χ3v) is 5.18. The van der Waals surface area contributed by atoms with Crippen LogP contribution < -0.4 is 15.6 Å². The molecule has 0 saturated heterocycles. The number of hydrazone groups is 1. The van der Waals surface area contributed by atoms with Crippen LogP contribution in [0.5, 0.6) is 5.75 Å². The molecule has 0 spiro atoms. The predicted octanol–water partition coefficient (Wildman–Crippen LogP) is 4.33. The lowest BCUT2D eigenvalue weighted by atomic mass is 10.1. The summed E-state index contributed by atoms with van der Waals surface area (Å²) >= 11 is 0. The fourth-order valence-electron chi connectivity index (χ4n) is 3.43. The quantitative estimate of drug-likeness (QED) is 0.0986. The number of nitrogens with one attached hydrogen (secondary N) is 1. The van der Waals surface area contributed by atoms with Gasteiger partial charge in [0, 0.05) is 0 Å². The Kier molecular flexibility index (Phi) is 7.18. The van der Waals surface area contributed by atoms with E-state index in [0.717, 1.165) is 0 Å². The van der Waals surface area contributed by atoms with Gasteiger partial charge in [0.25, 0.3) is 0 Å². The molecule has 37 heavy (non-hydrogen) atoms. The molecule has 3 aromatic carbocycles. The molecule has 1 N–H and O–H groups in total. The van der Waals surface area contributed by atoms with Gasteiger partial charge >= 0.3 is 5.97 Å². The van der Waals surface area contributed by atoms with Crippen molar-refractivity contribution in [2.45, 2.75) is 6.92 Å². The number of esters is 1. The van der Waals surface area contributed by atoms with E-state index >= 15 is 0 Å². The molecule has 8 nitrogen and oxygen atoms in total. The summed E-state index contributed by atoms with van der Waals surface area (Å²) in [5, 5.41) is 6.76. The van der Waals surface area contributed by atoms with Crippen LogP contribution in [0.3, 0.4) is 0 Å². The second kappa shape index (κ2) is 10.5. The molecule has 0 aliphatic rings. The van der Waals surface area contributed by atoms with Crippen LogP contribution in [0, 0.1) is 23.3 Å². The molecule has 0 bridgehead atoms. The second-order valence-corrected chi connectivity index (χ2v) is 7.43. The highest BCUT2D eigenvalue weighted by atomic mass is 19.2. The summed E-state index contributed by atoms with van der Waals surface area (Å²) < 4.78 is 69.0. The Morgan fingerprint density at radius 2 is 1.62 bits per heavy atom. The first-order valence-corrected chi connectivity index (χ1v) is 10.8. The lowest BCUT2D eigenvalue weighted by Gasteiger charge is -2.15. The zero-order valence-electron chi connectivity index (χ0n) is 19.4. The average molecular weight is 514 g/mol. The van der Waals surface area contributed by atoms with Gasteiger partial charge in [-0.05, 0) is 43.3 Å². The van der Waals surface area contributed by atoms with Crippen molar-refractivity contribution in [3.63, 3.8) is 0 Å². The molecule has 12 heteroatoms. The van der Waals surface area contributed by atoms with E-state index in [1.807, 2.05) is 0 Å². The molecular formula is C25H18F4N4O4. The summed E-state index contributed by atoms with van der Waals surface area (Å²) in [5.74, 6) is -8.87. The topological polar surface area (TPSA) is 94.8 Å². The first kappa shape index (κ1) is 25.4. The highest BCUT2D eigenvalue weighted by molar-refractivity contribution is 6.43. The number of benzene rings is 3. The van der Waals surface area contributed by atoms with Crippen LogP contribution >= 0.6 is 0 Å². The number of fused-ring (bicyclic) bond motifs is 1. The Labute approximate surface area is 206 Å². The van der Waals surface area contributed by atoms with E-state index in [0.29, 0.717) is 16.1 Å². The van der Waals surface area contributed by atoms with Gasteiger partial charge in [0.2, 0.25) is 5.43 Å². The van der Waals surface area contributed by atoms with E-state index in [2.05, 4.69) is 15.6 Å². The van der Waals surface area contributed by atoms with Gasteiger partial charge < -0.3 is 9.47 Å². The lowest BCUT2D eigenvalue weighted by molar-refractivity contribution is -0.134. The van der Waals surface area contributed by atoms with Crippen molar-refractivity contribution in [1.29, 1.82) is 0 Å². The Morgan fingerprint density at radius 3 is 2.24 bits per heavy atom. The third-order valence-electron chi connectivity index (χ3n) is 5.18. The van der Waals surface area contributed by atoms with E-state index in [1.165, 1.54) is 38.3 Å². The highest BCUT2D eigenvalue weighted by Crippen LogP contribution is 2.27. The number of para-hydroxylation sites is 1. The average Bonchev–Trinajstić information content (AvgIpc) is 2.92. The van der Waals surface area contributed by atoms with Crippen LogP contribution in [0.2, 0.25) is 0 Å². The SMILES string of the molecule is CCOC(=O)C(=NNc1ccccc1)c1nn(-c2ccc(OC)cc2)c2c(F)c(F)c(F)c(F)c2c1=O. The number of hydrogen-bond acceptors (Lipinski definition) is 7. The molecule has 0 aliphatic carbocycles. The Bertz CT molecular complexity index is 1570. The van der Waals surface area contributed by atoms with Crippen molar-refractivity contribution >= 4 is 28.3 Å². The molecule has 4 aromatic rings. The van der Waals surface area contributed by atoms with E-state index in [9.17, 15) is 27.2 Å². The number of halogens is 4. The molecule has 0 radical (unpaired) electrons. The molecule has 0 saturated carbocycles. The van der Waals surface area contributed by atoms with Crippen molar-refractivity contribution in [1.82, 2.24) is 9.78 Å². The second-order valence-electron chi connectivity index (χ2n) is 7.43. The van der Waals surface area contributed by atoms with Gasteiger partial charge in [-0.2, -0.15) is 10.2 Å². The molecule has 0 unspecified atom stereocenters. The molecule has 0 fully saturated rings. The van der Waals surface area contributed by atoms with Gasteiger partial charge in [0.15, 0.2) is 34.7 Å². The maximum atomic E-state index is 15.0. The summed E-state index contributed by atoms with van der Waals surface area (Å²) in [6.45, 7) is 1.38. The van der Waals surface area contributed by atoms with Crippen molar-refractivity contribution in [2.75, 3.05) is 19.1 Å². The standard InChI is InChI=1S/C25H18F4N4O4/c1-3-37-25(35)22(31-30-13-7-5-4-6-8-13)21-24(34)16-17(26)18(27)19(28)20(29)23(16)33(32-21)14-9-11-15(36-2)12-10-14/h4-12,30H,3H2,1-2H3. The number of methoxy groups -OCH3 is 1. The number of carbonyl (C=O) groups is 1. The molecule has 1 aromatic heterocycles. The lowest BCUT2D eigenvalue weighted by Crippen LogP contribution is -2.31. The number of rotatable bonds is 7. The van der Waals surface area contributed by atoms with Crippen molar-refractivity contribution < 1.29 is 31.8 Å². The largest absolute Gasteiger partial charge is 0.497 e. The fraction of sp³-hybridized carbons (Fsp3) is 0.120. The normalized spacial score (nSPS) is 11.5. The molecule has 190 valence electrons. The zero-order valence-corrected chi connectivity index (χ0v) is 19.4. The molecule has 0 aliphatic heterocycles. The summed E-state index contributed by atoms with van der Waals surface area (Å²) in [5.41, 5.74) is -0.907. The van der Waals surface area contributed by atoms with Crippen molar-refractivity contribution in [2.24, 2.45) is 5.10 Å². The zero-order chi connectivity index (χ0) is 26.7. The highest BCUT2D eigenvalue weighted by Gasteiger charge is 2.30. The summed E-state index contributed by atoms with van der Waals surface area (Å²) in [7, 11) is 1.40. The van der Waals surface area contributed by atoms with Crippen LogP contribution in [-0.2, 0) is 9.53 Å². The van der Waals surface area contributed by atoms with Gasteiger partial charge in [-0.25, -0.2) is 27.0 Å². The smallest absolute Gasteiger partial charge is 0.361 e. The number of ether oxygens (including phenoxy) is 2. The number of carbonyl (C=O) groups excluding carboxylic acids is 1. The molecule has 4 rings (SSSR count). The first-order valence-electron chi connectivity index (χ1n) is 10.8. The van der Waals surface area contributed by atoms with Crippen LogP contribution in [0.25, 0.3) is 16.6 Å². The fourth-order valence-corrected chi connectivity index (χ4v) is 3.43. The molecule has 0 amide bonds. The molecular weight excluding hydrogens is 496 g/mol. The minimum absolute atomic E-state index is 0.00980. The number of anilines is 1. The first-order chi connectivity index (χ1) is 17.8. The van der Waals surface area contributed by atoms with Crippen LogP contribution in [0.15, 0.2) is 64.5 Å². The van der Waals surface area contributed by atoms with Gasteiger partial charge in [-0.3, -0.25) is 10.2 Å². The predicted molar refractivity (Wildman–Crippen MR) is 127 cm³/mol. The van der Waals surface area contributed by atoms with E-state index in [1.54, 1.807) is 30.3 Å². The van der Waals surface area contributed by atoms with Gasteiger partial charge in [0.05, 0.1) is 30.5 Å². The number of aromatic nitrogens is 2. The van der Waals surface area contributed by atoms with Gasteiger partial charge in [-0.1, -0.05) is 18.2 Å². The molecule has 0 atom stereocenters.